The van der Waals surface area contributed by atoms with E-state index in [0.717, 1.165) is 12.5 Å². The van der Waals surface area contributed by atoms with Gasteiger partial charge < -0.3 is 5.32 Å². The van der Waals surface area contributed by atoms with Gasteiger partial charge >= 0.3 is 0 Å². The Morgan fingerprint density at radius 2 is 1.74 bits per heavy atom. The largest absolute Gasteiger partial charge is 0.305 e. The van der Waals surface area contributed by atoms with Crippen LogP contribution in [0.3, 0.4) is 0 Å². The quantitative estimate of drug-likeness (QED) is 0.774. The van der Waals surface area contributed by atoms with Crippen LogP contribution in [-0.4, -0.2) is 35.8 Å². The fourth-order valence-electron chi connectivity index (χ4n) is 3.33. The van der Waals surface area contributed by atoms with Gasteiger partial charge in [0.15, 0.2) is 0 Å². The minimum Gasteiger partial charge on any atom is -0.305 e. The maximum atomic E-state index is 12.0. The van der Waals surface area contributed by atoms with Crippen molar-refractivity contribution in [3.05, 3.63) is 0 Å². The van der Waals surface area contributed by atoms with Gasteiger partial charge in [0.2, 0.25) is 11.8 Å². The molecule has 19 heavy (non-hydrogen) atoms. The number of carbonyl (C=O) groups excluding carboxylic acids is 2. The Morgan fingerprint density at radius 3 is 2.26 bits per heavy atom. The Kier molecular flexibility index (Phi) is 4.97. The van der Waals surface area contributed by atoms with Gasteiger partial charge in [-0.2, -0.15) is 0 Å². The van der Waals surface area contributed by atoms with Crippen LogP contribution in [0.2, 0.25) is 0 Å². The van der Waals surface area contributed by atoms with Crippen molar-refractivity contribution < 1.29 is 9.59 Å². The van der Waals surface area contributed by atoms with Gasteiger partial charge in [-0.1, -0.05) is 26.2 Å². The van der Waals surface area contributed by atoms with Gasteiger partial charge in [-0.25, -0.2) is 0 Å². The molecule has 1 saturated carbocycles. The highest BCUT2D eigenvalue weighted by molar-refractivity contribution is 6.05. The number of amides is 2. The summed E-state index contributed by atoms with van der Waals surface area (Å²) in [6.07, 6.45) is 6.80. The third-order valence-corrected chi connectivity index (χ3v) is 4.76. The molecule has 0 aromatic rings. The summed E-state index contributed by atoms with van der Waals surface area (Å²) in [5, 5.41) is 3.32. The van der Waals surface area contributed by atoms with E-state index in [9.17, 15) is 9.59 Å². The van der Waals surface area contributed by atoms with Crippen molar-refractivity contribution >= 4 is 11.8 Å². The predicted octanol–water partition coefficient (Wildman–Crippen LogP) is 1.94. The van der Waals surface area contributed by atoms with Crippen LogP contribution in [0.5, 0.6) is 0 Å². The van der Waals surface area contributed by atoms with E-state index in [0.29, 0.717) is 18.9 Å². The Labute approximate surface area is 115 Å². The minimum atomic E-state index is -0.267. The molecule has 0 radical (unpaired) electrons. The normalized spacial score (nSPS) is 32.1. The molecule has 1 aliphatic heterocycles. The van der Waals surface area contributed by atoms with Gasteiger partial charge in [-0.3, -0.25) is 14.5 Å². The van der Waals surface area contributed by atoms with Gasteiger partial charge in [0, 0.05) is 6.54 Å². The lowest BCUT2D eigenvalue weighted by Crippen LogP contribution is -2.41. The van der Waals surface area contributed by atoms with E-state index in [1.165, 1.54) is 37.0 Å². The summed E-state index contributed by atoms with van der Waals surface area (Å²) in [4.78, 5) is 25.0. The van der Waals surface area contributed by atoms with E-state index in [1.807, 2.05) is 6.92 Å². The van der Waals surface area contributed by atoms with Gasteiger partial charge in [-0.05, 0) is 38.1 Å². The lowest BCUT2D eigenvalue weighted by molar-refractivity contribution is -0.138. The molecule has 1 saturated heterocycles. The first-order valence-corrected chi connectivity index (χ1v) is 7.73. The van der Waals surface area contributed by atoms with Crippen LogP contribution < -0.4 is 5.32 Å². The standard InChI is InChI=1S/C15H26N2O2/c1-3-11-5-7-12(8-6-11)10-16-13-9-14(18)17(4-2)15(13)19/h11-13,16H,3-10H2,1-2H3. The van der Waals surface area contributed by atoms with Crippen molar-refractivity contribution in [3.8, 4) is 0 Å². The molecule has 2 aliphatic rings. The van der Waals surface area contributed by atoms with Crippen LogP contribution >= 0.6 is 0 Å². The molecule has 2 rings (SSSR count). The van der Waals surface area contributed by atoms with Crippen molar-refractivity contribution in [3.63, 3.8) is 0 Å². The summed E-state index contributed by atoms with van der Waals surface area (Å²) >= 11 is 0. The Morgan fingerprint density at radius 1 is 1.11 bits per heavy atom. The second kappa shape index (κ2) is 6.51. The van der Waals surface area contributed by atoms with Crippen LogP contribution in [-0.2, 0) is 9.59 Å². The molecular formula is C15H26N2O2. The van der Waals surface area contributed by atoms with Crippen molar-refractivity contribution in [1.82, 2.24) is 10.2 Å². The lowest BCUT2D eigenvalue weighted by Gasteiger charge is -2.28. The highest BCUT2D eigenvalue weighted by Gasteiger charge is 2.37. The van der Waals surface area contributed by atoms with Crippen LogP contribution in [0.1, 0.15) is 52.4 Å². The first kappa shape index (κ1) is 14.5. The molecule has 1 heterocycles. The van der Waals surface area contributed by atoms with Gasteiger partial charge in [0.05, 0.1) is 12.5 Å². The summed E-state index contributed by atoms with van der Waals surface area (Å²) in [7, 11) is 0. The molecule has 1 N–H and O–H groups in total. The molecular weight excluding hydrogens is 240 g/mol. The Balaban J connectivity index is 1.75. The molecule has 0 aromatic heterocycles. The molecule has 108 valence electrons. The molecule has 2 fully saturated rings. The van der Waals surface area contributed by atoms with Crippen molar-refractivity contribution in [2.75, 3.05) is 13.1 Å². The topological polar surface area (TPSA) is 49.4 Å². The lowest BCUT2D eigenvalue weighted by atomic mass is 9.81. The molecule has 0 spiro atoms. The molecule has 2 amide bonds. The van der Waals surface area contributed by atoms with E-state index in [-0.39, 0.29) is 17.9 Å². The van der Waals surface area contributed by atoms with Crippen LogP contribution in [0, 0.1) is 11.8 Å². The number of likely N-dealkylation sites (N-methyl/N-ethyl adjacent to an activating group) is 1. The first-order valence-electron chi connectivity index (χ1n) is 7.73. The van der Waals surface area contributed by atoms with Crippen molar-refractivity contribution in [2.45, 2.75) is 58.4 Å². The predicted molar refractivity (Wildman–Crippen MR) is 74.5 cm³/mol. The minimum absolute atomic E-state index is 0.0281. The second-order valence-electron chi connectivity index (χ2n) is 5.94. The monoisotopic (exact) mass is 266 g/mol. The number of likely N-dealkylation sites (tertiary alicyclic amines) is 1. The number of rotatable bonds is 5. The van der Waals surface area contributed by atoms with E-state index < -0.39 is 0 Å². The summed E-state index contributed by atoms with van der Waals surface area (Å²) in [5.41, 5.74) is 0. The summed E-state index contributed by atoms with van der Waals surface area (Å²) < 4.78 is 0. The van der Waals surface area contributed by atoms with Crippen LogP contribution in [0.4, 0.5) is 0 Å². The fraction of sp³-hybridized carbons (Fsp3) is 0.867. The number of nitrogens with one attached hydrogen (secondary N) is 1. The highest BCUT2D eigenvalue weighted by atomic mass is 16.2. The zero-order chi connectivity index (χ0) is 13.8. The molecule has 0 bridgehead atoms. The number of imide groups is 1. The molecule has 1 atom stereocenters. The molecule has 1 unspecified atom stereocenters. The fourth-order valence-corrected chi connectivity index (χ4v) is 3.33. The summed E-state index contributed by atoms with van der Waals surface area (Å²) in [5.74, 6) is 1.53. The first-order chi connectivity index (χ1) is 9.15. The molecule has 1 aliphatic carbocycles. The number of hydrogen-bond acceptors (Lipinski definition) is 3. The number of carbonyl (C=O) groups is 2. The number of nitrogens with zero attached hydrogens (tertiary/aromatic N) is 1. The van der Waals surface area contributed by atoms with Gasteiger partial charge in [0.25, 0.3) is 0 Å². The zero-order valence-electron chi connectivity index (χ0n) is 12.2. The maximum Gasteiger partial charge on any atom is 0.246 e. The Bertz CT molecular complexity index is 335. The smallest absolute Gasteiger partial charge is 0.246 e. The van der Waals surface area contributed by atoms with Crippen LogP contribution in [0.25, 0.3) is 0 Å². The van der Waals surface area contributed by atoms with E-state index >= 15 is 0 Å². The second-order valence-corrected chi connectivity index (χ2v) is 5.94. The molecule has 4 nitrogen and oxygen atoms in total. The third kappa shape index (κ3) is 3.35. The SMILES string of the molecule is CCC1CCC(CNC2CC(=O)N(CC)C2=O)CC1. The molecule has 0 aromatic carbocycles. The summed E-state index contributed by atoms with van der Waals surface area (Å²) in [6.45, 7) is 5.50. The zero-order valence-corrected chi connectivity index (χ0v) is 12.2. The van der Waals surface area contributed by atoms with Crippen LogP contribution in [0.15, 0.2) is 0 Å². The average molecular weight is 266 g/mol. The van der Waals surface area contributed by atoms with Gasteiger partial charge in [-0.15, -0.1) is 0 Å². The van der Waals surface area contributed by atoms with Crippen molar-refractivity contribution in [2.24, 2.45) is 11.8 Å². The maximum absolute atomic E-state index is 12.0. The summed E-state index contributed by atoms with van der Waals surface area (Å²) in [6, 6.07) is -0.267. The van der Waals surface area contributed by atoms with E-state index in [1.54, 1.807) is 0 Å². The van der Waals surface area contributed by atoms with E-state index in [4.69, 9.17) is 0 Å². The number of hydrogen-bond donors (Lipinski definition) is 1. The third-order valence-electron chi connectivity index (χ3n) is 4.76. The highest BCUT2D eigenvalue weighted by Crippen LogP contribution is 2.30. The average Bonchev–Trinajstić information content (AvgIpc) is 2.71. The van der Waals surface area contributed by atoms with Gasteiger partial charge in [0.1, 0.15) is 0 Å². The van der Waals surface area contributed by atoms with Crippen molar-refractivity contribution in [1.29, 1.82) is 0 Å². The molecule has 4 heteroatoms. The van der Waals surface area contributed by atoms with E-state index in [2.05, 4.69) is 12.2 Å². The Hall–Kier alpha value is -0.900.